The summed E-state index contributed by atoms with van der Waals surface area (Å²) in [5.41, 5.74) is 6.97. The molecule has 0 aromatic heterocycles. The quantitative estimate of drug-likeness (QED) is 0.784. The molecule has 124 valence electrons. The summed E-state index contributed by atoms with van der Waals surface area (Å²) in [7, 11) is 0. The molecule has 0 radical (unpaired) electrons. The van der Waals surface area contributed by atoms with E-state index < -0.39 is 11.7 Å². The van der Waals surface area contributed by atoms with Gasteiger partial charge in [0.05, 0.1) is 10.4 Å². The molecular weight excluding hydrogens is 375 g/mol. The van der Waals surface area contributed by atoms with Crippen LogP contribution in [0, 0.1) is 22.6 Å². The number of ether oxygens (including phenoxy) is 1. The second-order valence-electron chi connectivity index (χ2n) is 6.88. The largest absolute Gasteiger partial charge is 0.444 e. The van der Waals surface area contributed by atoms with Crippen molar-refractivity contribution in [2.24, 2.45) is 11.1 Å². The first kappa shape index (κ1) is 16.7. The molecule has 1 unspecified atom stereocenters. The second kappa shape index (κ2) is 5.75. The summed E-state index contributed by atoms with van der Waals surface area (Å²) >= 11 is 3.15. The number of ketones is 1. The van der Waals surface area contributed by atoms with Crippen LogP contribution in [0.25, 0.3) is 0 Å². The van der Waals surface area contributed by atoms with Gasteiger partial charge in [0.15, 0.2) is 5.78 Å². The van der Waals surface area contributed by atoms with Crippen LogP contribution in [0.5, 0.6) is 0 Å². The Kier molecular flexibility index (Phi) is 4.00. The highest BCUT2D eigenvalue weighted by molar-refractivity contribution is 9.10. The monoisotopic (exact) mass is 390 g/mol. The maximum absolute atomic E-state index is 13.6. The standard InChI is InChI=1S/C18H16BrFN2O2/c1-18(2)6-13(23)16-14(7-18)24-17(22)10(8-21)15(16)9-3-4-12(20)11(19)5-9/h3-5,15H,6-7,22H2,1-2H3. The van der Waals surface area contributed by atoms with Gasteiger partial charge >= 0.3 is 0 Å². The molecule has 1 aliphatic carbocycles. The van der Waals surface area contributed by atoms with E-state index >= 15 is 0 Å². The van der Waals surface area contributed by atoms with E-state index in [1.54, 1.807) is 12.1 Å². The molecule has 0 bridgehead atoms. The van der Waals surface area contributed by atoms with Gasteiger partial charge in [0, 0.05) is 18.4 Å². The van der Waals surface area contributed by atoms with Gasteiger partial charge in [-0.15, -0.1) is 0 Å². The zero-order valence-corrected chi connectivity index (χ0v) is 14.9. The SMILES string of the molecule is CC1(C)CC(=O)C2=C(C1)OC(N)=C(C#N)C2c1ccc(F)c(Br)c1. The van der Waals surface area contributed by atoms with Crippen molar-refractivity contribution in [3.05, 3.63) is 56.8 Å². The van der Waals surface area contributed by atoms with Crippen LogP contribution in [0.4, 0.5) is 4.39 Å². The van der Waals surface area contributed by atoms with Crippen LogP contribution in [0.3, 0.4) is 0 Å². The zero-order chi connectivity index (χ0) is 17.6. The summed E-state index contributed by atoms with van der Waals surface area (Å²) < 4.78 is 19.5. The molecular formula is C18H16BrFN2O2. The molecule has 0 spiro atoms. The number of rotatable bonds is 1. The Bertz CT molecular complexity index is 849. The minimum absolute atomic E-state index is 0.00666. The van der Waals surface area contributed by atoms with Crippen LogP contribution in [0.1, 0.15) is 38.2 Å². The number of carbonyl (C=O) groups excluding carboxylic acids is 1. The highest BCUT2D eigenvalue weighted by atomic mass is 79.9. The molecule has 6 heteroatoms. The van der Waals surface area contributed by atoms with Crippen molar-refractivity contribution in [3.63, 3.8) is 0 Å². The molecule has 0 saturated carbocycles. The molecule has 0 amide bonds. The normalized spacial score (nSPS) is 22.8. The van der Waals surface area contributed by atoms with Crippen molar-refractivity contribution >= 4 is 21.7 Å². The number of allylic oxidation sites excluding steroid dienone is 3. The lowest BCUT2D eigenvalue weighted by Gasteiger charge is -2.37. The van der Waals surface area contributed by atoms with Crippen molar-refractivity contribution in [2.75, 3.05) is 0 Å². The Morgan fingerprint density at radius 2 is 2.12 bits per heavy atom. The molecule has 4 nitrogen and oxygen atoms in total. The fourth-order valence-corrected chi connectivity index (χ4v) is 3.71. The Hall–Kier alpha value is -2.13. The van der Waals surface area contributed by atoms with Crippen LogP contribution in [0.15, 0.2) is 45.5 Å². The molecule has 1 aliphatic heterocycles. The van der Waals surface area contributed by atoms with Crippen molar-refractivity contribution in [2.45, 2.75) is 32.6 Å². The van der Waals surface area contributed by atoms with Crippen LogP contribution >= 0.6 is 15.9 Å². The lowest BCUT2D eigenvalue weighted by atomic mass is 9.70. The van der Waals surface area contributed by atoms with Gasteiger partial charge < -0.3 is 10.5 Å². The number of benzene rings is 1. The van der Waals surface area contributed by atoms with Gasteiger partial charge in [-0.3, -0.25) is 4.79 Å². The number of nitrogens with zero attached hydrogens (tertiary/aromatic N) is 1. The molecule has 24 heavy (non-hydrogen) atoms. The van der Waals surface area contributed by atoms with Gasteiger partial charge in [-0.1, -0.05) is 19.9 Å². The molecule has 0 saturated heterocycles. The molecule has 2 N–H and O–H groups in total. The van der Waals surface area contributed by atoms with Gasteiger partial charge in [-0.05, 0) is 39.0 Å². The van der Waals surface area contributed by atoms with Crippen molar-refractivity contribution in [1.82, 2.24) is 0 Å². The van der Waals surface area contributed by atoms with E-state index in [1.165, 1.54) is 6.07 Å². The van der Waals surface area contributed by atoms with E-state index in [0.29, 0.717) is 29.7 Å². The summed E-state index contributed by atoms with van der Waals surface area (Å²) in [4.78, 5) is 12.8. The van der Waals surface area contributed by atoms with E-state index in [1.807, 2.05) is 19.9 Å². The third-order valence-corrected chi connectivity index (χ3v) is 4.96. The Morgan fingerprint density at radius 3 is 2.75 bits per heavy atom. The summed E-state index contributed by atoms with van der Waals surface area (Å²) in [5.74, 6) is -0.580. The minimum Gasteiger partial charge on any atom is -0.444 e. The van der Waals surface area contributed by atoms with E-state index in [0.717, 1.165) is 0 Å². The van der Waals surface area contributed by atoms with Gasteiger partial charge in [-0.2, -0.15) is 5.26 Å². The molecule has 1 aromatic rings. The highest BCUT2D eigenvalue weighted by Crippen LogP contribution is 2.48. The average molecular weight is 391 g/mol. The van der Waals surface area contributed by atoms with Gasteiger partial charge in [-0.25, -0.2) is 4.39 Å². The highest BCUT2D eigenvalue weighted by Gasteiger charge is 2.42. The average Bonchev–Trinajstić information content (AvgIpc) is 2.47. The minimum atomic E-state index is -0.626. The predicted octanol–water partition coefficient (Wildman–Crippen LogP) is 4.04. The molecule has 2 aliphatic rings. The Labute approximate surface area is 147 Å². The fraction of sp³-hybridized carbons (Fsp3) is 0.333. The summed E-state index contributed by atoms with van der Waals surface area (Å²) in [6.07, 6.45) is 0.930. The van der Waals surface area contributed by atoms with Crippen LogP contribution in [0.2, 0.25) is 0 Å². The first-order valence-corrected chi connectivity index (χ1v) is 8.31. The number of halogens is 2. The summed E-state index contributed by atoms with van der Waals surface area (Å²) in [6, 6.07) is 6.49. The molecule has 3 rings (SSSR count). The van der Waals surface area contributed by atoms with E-state index in [9.17, 15) is 14.4 Å². The smallest absolute Gasteiger partial charge is 0.205 e. The third-order valence-electron chi connectivity index (χ3n) is 4.35. The third kappa shape index (κ3) is 2.73. The molecule has 1 aromatic carbocycles. The van der Waals surface area contributed by atoms with Crippen LogP contribution in [-0.2, 0) is 9.53 Å². The second-order valence-corrected chi connectivity index (χ2v) is 7.73. The molecule has 0 fully saturated rings. The van der Waals surface area contributed by atoms with Crippen molar-refractivity contribution in [1.29, 1.82) is 5.26 Å². The number of Topliss-reactive ketones (excluding diaryl/α,β-unsaturated/α-hetero) is 1. The van der Waals surface area contributed by atoms with Crippen molar-refractivity contribution in [3.8, 4) is 6.07 Å². The van der Waals surface area contributed by atoms with Crippen LogP contribution < -0.4 is 5.73 Å². The maximum Gasteiger partial charge on any atom is 0.205 e. The van der Waals surface area contributed by atoms with Crippen LogP contribution in [-0.4, -0.2) is 5.78 Å². The maximum atomic E-state index is 13.6. The lowest BCUT2D eigenvalue weighted by Crippen LogP contribution is -2.33. The topological polar surface area (TPSA) is 76.1 Å². The fourth-order valence-electron chi connectivity index (χ4n) is 3.31. The first-order chi connectivity index (χ1) is 11.2. The lowest BCUT2D eigenvalue weighted by molar-refractivity contribution is -0.119. The Morgan fingerprint density at radius 1 is 1.42 bits per heavy atom. The van der Waals surface area contributed by atoms with Crippen molar-refractivity contribution < 1.29 is 13.9 Å². The zero-order valence-electron chi connectivity index (χ0n) is 13.3. The molecule has 1 atom stereocenters. The van der Waals surface area contributed by atoms with Gasteiger partial charge in [0.1, 0.15) is 23.2 Å². The molecule has 1 heterocycles. The van der Waals surface area contributed by atoms with E-state index in [4.69, 9.17) is 10.5 Å². The number of nitrogens with two attached hydrogens (primary N) is 1. The summed E-state index contributed by atoms with van der Waals surface area (Å²) in [6.45, 7) is 3.97. The number of carbonyl (C=O) groups is 1. The first-order valence-electron chi connectivity index (χ1n) is 7.52. The van der Waals surface area contributed by atoms with E-state index in [2.05, 4.69) is 15.9 Å². The Balaban J connectivity index is 2.20. The van der Waals surface area contributed by atoms with Gasteiger partial charge in [0.25, 0.3) is 0 Å². The predicted molar refractivity (Wildman–Crippen MR) is 89.8 cm³/mol. The van der Waals surface area contributed by atoms with E-state index in [-0.39, 0.29) is 27.1 Å². The number of hydrogen-bond donors (Lipinski definition) is 1. The number of nitriles is 1. The van der Waals surface area contributed by atoms with Gasteiger partial charge in [0.2, 0.25) is 5.88 Å². The number of hydrogen-bond acceptors (Lipinski definition) is 4. The summed E-state index contributed by atoms with van der Waals surface area (Å²) in [5, 5.41) is 9.51.